The van der Waals surface area contributed by atoms with Crippen LogP contribution in [0.25, 0.3) is 66.4 Å². The van der Waals surface area contributed by atoms with Crippen molar-refractivity contribution >= 4 is 27.8 Å². The van der Waals surface area contributed by atoms with Crippen LogP contribution in [0.5, 0.6) is 0 Å². The van der Waals surface area contributed by atoms with Crippen LogP contribution in [0.2, 0.25) is 0 Å². The molecule has 0 N–H and O–H groups in total. The van der Waals surface area contributed by atoms with Gasteiger partial charge in [-0.05, 0) is 91.7 Å². The lowest BCUT2D eigenvalue weighted by Gasteiger charge is -2.30. The molecule has 0 aliphatic heterocycles. The molecule has 0 bridgehead atoms. The SMILES string of the molecule is c1ccc(-c2ccccc2N(c2ccc(-c3ccc(-c4cccc(-c5ccc6ccccc6c5)c4)cc3)cc2)c2ccccc2-c2ccccc2)cc1. The summed E-state index contributed by atoms with van der Waals surface area (Å²) < 4.78 is 0. The number of hydrogen-bond acceptors (Lipinski definition) is 1. The monoisotopic (exact) mass is 675 g/mol. The average molecular weight is 676 g/mol. The molecule has 9 aromatic rings. The van der Waals surface area contributed by atoms with Crippen LogP contribution in [0.15, 0.2) is 224 Å². The number of benzene rings is 9. The number of hydrogen-bond donors (Lipinski definition) is 0. The second-order valence-corrected chi connectivity index (χ2v) is 13.4. The molecule has 0 saturated heterocycles. The first-order chi connectivity index (χ1) is 26.3. The maximum Gasteiger partial charge on any atom is 0.0540 e. The van der Waals surface area contributed by atoms with Crippen LogP contribution in [-0.2, 0) is 0 Å². The van der Waals surface area contributed by atoms with Crippen LogP contribution in [0.3, 0.4) is 0 Å². The largest absolute Gasteiger partial charge is 0.309 e. The standard InChI is InChI=1S/C52H37N/c1-3-15-42(16-4-1)49-22-9-11-24-51(49)53(52-25-12-10-23-50(52)43-17-5-2-6-18-43)48-34-32-40(33-35-48)39-26-28-41(29-27-39)45-20-13-21-46(36-45)47-31-30-38-14-7-8-19-44(38)37-47/h1-37H. The van der Waals surface area contributed by atoms with Gasteiger partial charge in [-0.2, -0.15) is 0 Å². The fourth-order valence-electron chi connectivity index (χ4n) is 7.37. The third-order valence-electron chi connectivity index (χ3n) is 10.1. The maximum absolute atomic E-state index is 2.40. The van der Waals surface area contributed by atoms with Crippen molar-refractivity contribution in [2.45, 2.75) is 0 Å². The highest BCUT2D eigenvalue weighted by Gasteiger charge is 2.20. The van der Waals surface area contributed by atoms with Gasteiger partial charge in [-0.25, -0.2) is 0 Å². The number of anilines is 3. The summed E-state index contributed by atoms with van der Waals surface area (Å²) in [5.74, 6) is 0. The quantitative estimate of drug-likeness (QED) is 0.155. The highest BCUT2D eigenvalue weighted by molar-refractivity contribution is 5.94. The van der Waals surface area contributed by atoms with Gasteiger partial charge in [0.15, 0.2) is 0 Å². The molecule has 0 atom stereocenters. The molecular formula is C52H37N. The Labute approximate surface area is 311 Å². The van der Waals surface area contributed by atoms with Crippen LogP contribution in [0.4, 0.5) is 17.1 Å². The van der Waals surface area contributed by atoms with Crippen molar-refractivity contribution in [3.63, 3.8) is 0 Å². The van der Waals surface area contributed by atoms with Crippen molar-refractivity contribution < 1.29 is 0 Å². The van der Waals surface area contributed by atoms with Crippen molar-refractivity contribution in [3.8, 4) is 55.6 Å². The van der Waals surface area contributed by atoms with E-state index >= 15 is 0 Å². The number of rotatable bonds is 8. The maximum atomic E-state index is 2.40. The van der Waals surface area contributed by atoms with Gasteiger partial charge < -0.3 is 4.90 Å². The molecule has 1 heteroatoms. The molecule has 250 valence electrons. The Balaban J connectivity index is 1.06. The summed E-state index contributed by atoms with van der Waals surface area (Å²) in [7, 11) is 0. The van der Waals surface area contributed by atoms with Crippen molar-refractivity contribution in [2.75, 3.05) is 4.90 Å². The number of fused-ring (bicyclic) bond motifs is 1. The molecule has 0 aliphatic rings. The fourth-order valence-corrected chi connectivity index (χ4v) is 7.37. The van der Waals surface area contributed by atoms with Gasteiger partial charge >= 0.3 is 0 Å². The zero-order chi connectivity index (χ0) is 35.4. The molecule has 0 fully saturated rings. The molecule has 0 amide bonds. The Hall–Kier alpha value is -6.96. The molecule has 0 radical (unpaired) electrons. The molecular weight excluding hydrogens is 639 g/mol. The van der Waals surface area contributed by atoms with E-state index in [1.165, 1.54) is 66.4 Å². The molecule has 0 aliphatic carbocycles. The minimum atomic E-state index is 1.10. The van der Waals surface area contributed by atoms with Gasteiger partial charge in [0.25, 0.3) is 0 Å². The minimum absolute atomic E-state index is 1.10. The summed E-state index contributed by atoms with van der Waals surface area (Å²) in [6.07, 6.45) is 0. The summed E-state index contributed by atoms with van der Waals surface area (Å²) in [6.45, 7) is 0. The molecule has 9 rings (SSSR count). The first-order valence-electron chi connectivity index (χ1n) is 18.2. The molecule has 0 aromatic heterocycles. The second-order valence-electron chi connectivity index (χ2n) is 13.4. The van der Waals surface area contributed by atoms with Crippen molar-refractivity contribution in [3.05, 3.63) is 224 Å². The van der Waals surface area contributed by atoms with Gasteiger partial charge in [-0.3, -0.25) is 0 Å². The van der Waals surface area contributed by atoms with Gasteiger partial charge in [-0.15, -0.1) is 0 Å². The van der Waals surface area contributed by atoms with E-state index in [0.29, 0.717) is 0 Å². The third kappa shape index (κ3) is 6.53. The average Bonchev–Trinajstić information content (AvgIpc) is 3.25. The predicted molar refractivity (Wildman–Crippen MR) is 226 cm³/mol. The fraction of sp³-hybridized carbons (Fsp3) is 0. The van der Waals surface area contributed by atoms with Crippen LogP contribution in [0, 0.1) is 0 Å². The normalized spacial score (nSPS) is 11.0. The lowest BCUT2D eigenvalue weighted by atomic mass is 9.96. The van der Waals surface area contributed by atoms with Crippen molar-refractivity contribution in [1.82, 2.24) is 0 Å². The molecule has 0 saturated carbocycles. The molecule has 1 nitrogen and oxygen atoms in total. The molecule has 9 aromatic carbocycles. The van der Waals surface area contributed by atoms with Gasteiger partial charge in [-0.1, -0.05) is 188 Å². The zero-order valence-corrected chi connectivity index (χ0v) is 29.3. The zero-order valence-electron chi connectivity index (χ0n) is 29.3. The summed E-state index contributed by atoms with van der Waals surface area (Å²) in [5.41, 5.74) is 15.3. The smallest absolute Gasteiger partial charge is 0.0540 e. The number of nitrogens with zero attached hydrogens (tertiary/aromatic N) is 1. The predicted octanol–water partition coefficient (Wildman–Crippen LogP) is 14.6. The lowest BCUT2D eigenvalue weighted by molar-refractivity contribution is 1.28. The lowest BCUT2D eigenvalue weighted by Crippen LogP contribution is -2.12. The van der Waals surface area contributed by atoms with E-state index in [-0.39, 0.29) is 0 Å². The van der Waals surface area contributed by atoms with Crippen LogP contribution in [-0.4, -0.2) is 0 Å². The first kappa shape index (κ1) is 32.0. The van der Waals surface area contributed by atoms with E-state index in [1.54, 1.807) is 0 Å². The van der Waals surface area contributed by atoms with Crippen LogP contribution >= 0.6 is 0 Å². The van der Waals surface area contributed by atoms with E-state index in [4.69, 9.17) is 0 Å². The molecule has 0 heterocycles. The van der Waals surface area contributed by atoms with Gasteiger partial charge in [0.1, 0.15) is 0 Å². The summed E-state index contributed by atoms with van der Waals surface area (Å²) in [5, 5.41) is 2.52. The topological polar surface area (TPSA) is 3.24 Å². The van der Waals surface area contributed by atoms with Gasteiger partial charge in [0, 0.05) is 16.8 Å². The van der Waals surface area contributed by atoms with E-state index in [9.17, 15) is 0 Å². The van der Waals surface area contributed by atoms with Gasteiger partial charge in [0.05, 0.1) is 11.4 Å². The first-order valence-corrected chi connectivity index (χ1v) is 18.2. The summed E-state index contributed by atoms with van der Waals surface area (Å²) >= 11 is 0. The second kappa shape index (κ2) is 14.3. The van der Waals surface area contributed by atoms with Crippen LogP contribution < -0.4 is 4.90 Å². The third-order valence-corrected chi connectivity index (χ3v) is 10.1. The van der Waals surface area contributed by atoms with E-state index in [2.05, 4.69) is 229 Å². The highest BCUT2D eigenvalue weighted by atomic mass is 15.1. The van der Waals surface area contributed by atoms with E-state index < -0.39 is 0 Å². The Morgan fingerprint density at radius 3 is 1.21 bits per heavy atom. The Morgan fingerprint density at radius 1 is 0.226 bits per heavy atom. The summed E-state index contributed by atoms with van der Waals surface area (Å²) in [4.78, 5) is 2.40. The van der Waals surface area contributed by atoms with Crippen molar-refractivity contribution in [1.29, 1.82) is 0 Å². The highest BCUT2D eigenvalue weighted by Crippen LogP contribution is 2.45. The van der Waals surface area contributed by atoms with Gasteiger partial charge in [0.2, 0.25) is 0 Å². The van der Waals surface area contributed by atoms with Crippen LogP contribution in [0.1, 0.15) is 0 Å². The summed E-state index contributed by atoms with van der Waals surface area (Å²) in [6, 6.07) is 80.8. The number of para-hydroxylation sites is 2. The Morgan fingerprint density at radius 2 is 0.623 bits per heavy atom. The Bertz CT molecular complexity index is 2560. The molecule has 0 unspecified atom stereocenters. The Kier molecular flexibility index (Phi) is 8.66. The molecule has 0 spiro atoms. The van der Waals surface area contributed by atoms with E-state index in [1.807, 2.05) is 0 Å². The van der Waals surface area contributed by atoms with Crippen molar-refractivity contribution in [2.24, 2.45) is 0 Å². The van der Waals surface area contributed by atoms with E-state index in [0.717, 1.165) is 17.1 Å². The minimum Gasteiger partial charge on any atom is -0.309 e. The molecule has 53 heavy (non-hydrogen) atoms.